The van der Waals surface area contributed by atoms with Crippen LogP contribution >= 0.6 is 0 Å². The summed E-state index contributed by atoms with van der Waals surface area (Å²) >= 11 is 0. The maximum atomic E-state index is 8.42. The Labute approximate surface area is 65.7 Å². The van der Waals surface area contributed by atoms with Gasteiger partial charge < -0.3 is 4.74 Å². The Kier molecular flexibility index (Phi) is 4.51. The van der Waals surface area contributed by atoms with E-state index in [1.807, 2.05) is 0 Å². The van der Waals surface area contributed by atoms with Gasteiger partial charge >= 0.3 is 0 Å². The summed E-state index contributed by atoms with van der Waals surface area (Å²) in [5, 5.41) is 16.8. The van der Waals surface area contributed by atoms with Crippen LogP contribution in [0.1, 0.15) is 6.92 Å². The molecule has 0 atom stereocenters. The molecule has 0 aromatic rings. The van der Waals surface area contributed by atoms with E-state index in [9.17, 15) is 0 Å². The first-order chi connectivity index (χ1) is 5.29. The van der Waals surface area contributed by atoms with E-state index in [2.05, 4.69) is 4.99 Å². The van der Waals surface area contributed by atoms with Crippen LogP contribution < -0.4 is 0 Å². The number of hydrogen-bond acceptors (Lipinski definition) is 4. The van der Waals surface area contributed by atoms with Gasteiger partial charge in [-0.25, -0.2) is 0 Å². The summed E-state index contributed by atoms with van der Waals surface area (Å²) in [5.41, 5.74) is 0. The lowest BCUT2D eigenvalue weighted by Gasteiger charge is -2.04. The molecule has 0 aliphatic heterocycles. The third-order valence-electron chi connectivity index (χ3n) is 1.02. The van der Waals surface area contributed by atoms with E-state index in [1.165, 1.54) is 7.05 Å². The van der Waals surface area contributed by atoms with Crippen LogP contribution in [-0.2, 0) is 4.74 Å². The summed E-state index contributed by atoms with van der Waals surface area (Å²) in [4.78, 5) is 3.67. The third kappa shape index (κ3) is 2.68. The highest BCUT2D eigenvalue weighted by molar-refractivity contribution is 5.83. The van der Waals surface area contributed by atoms with Crippen molar-refractivity contribution in [1.82, 2.24) is 0 Å². The fraction of sp³-hybridized carbons (Fsp3) is 0.571. The zero-order valence-corrected chi connectivity index (χ0v) is 6.53. The Morgan fingerprint density at radius 3 is 2.36 bits per heavy atom. The molecule has 4 heteroatoms. The summed E-state index contributed by atoms with van der Waals surface area (Å²) in [7, 11) is 1.49. The largest absolute Gasteiger partial charge is 0.480 e. The van der Waals surface area contributed by atoms with Crippen LogP contribution in [0.3, 0.4) is 0 Å². The van der Waals surface area contributed by atoms with Crippen molar-refractivity contribution in [2.75, 3.05) is 13.7 Å². The van der Waals surface area contributed by atoms with Crippen molar-refractivity contribution < 1.29 is 4.74 Å². The van der Waals surface area contributed by atoms with Gasteiger partial charge in [0.25, 0.3) is 0 Å². The predicted octanol–water partition coefficient (Wildman–Crippen LogP) is 0.715. The smallest absolute Gasteiger partial charge is 0.215 e. The zero-order chi connectivity index (χ0) is 8.69. The monoisotopic (exact) mass is 151 g/mol. The van der Waals surface area contributed by atoms with Crippen molar-refractivity contribution in [2.24, 2.45) is 10.9 Å². The first-order valence-electron chi connectivity index (χ1n) is 3.18. The van der Waals surface area contributed by atoms with Gasteiger partial charge in [0.1, 0.15) is 0 Å². The van der Waals surface area contributed by atoms with E-state index in [-0.39, 0.29) is 5.90 Å². The molecule has 11 heavy (non-hydrogen) atoms. The second-order valence-corrected chi connectivity index (χ2v) is 1.69. The lowest BCUT2D eigenvalue weighted by atomic mass is 10.2. The van der Waals surface area contributed by atoms with Crippen LogP contribution in [0.4, 0.5) is 0 Å². The van der Waals surface area contributed by atoms with Crippen molar-refractivity contribution in [3.05, 3.63) is 0 Å². The highest BCUT2D eigenvalue weighted by atomic mass is 16.5. The lowest BCUT2D eigenvalue weighted by molar-refractivity contribution is 0.314. The van der Waals surface area contributed by atoms with E-state index in [1.54, 1.807) is 19.1 Å². The Morgan fingerprint density at radius 1 is 1.55 bits per heavy atom. The van der Waals surface area contributed by atoms with Crippen LogP contribution in [0.25, 0.3) is 0 Å². The van der Waals surface area contributed by atoms with Gasteiger partial charge in [0.05, 0.1) is 18.7 Å². The van der Waals surface area contributed by atoms with Gasteiger partial charge in [-0.15, -0.1) is 0 Å². The topological polar surface area (TPSA) is 69.2 Å². The number of nitrogens with zero attached hydrogens (tertiary/aromatic N) is 3. The van der Waals surface area contributed by atoms with Gasteiger partial charge in [-0.05, 0) is 6.92 Å². The van der Waals surface area contributed by atoms with Gasteiger partial charge in [-0.1, -0.05) is 0 Å². The Balaban J connectivity index is 4.30. The van der Waals surface area contributed by atoms with E-state index >= 15 is 0 Å². The van der Waals surface area contributed by atoms with Crippen molar-refractivity contribution in [1.29, 1.82) is 10.5 Å². The summed E-state index contributed by atoms with van der Waals surface area (Å²) in [6, 6.07) is 3.54. The molecule has 0 aromatic heterocycles. The Morgan fingerprint density at radius 2 is 2.09 bits per heavy atom. The van der Waals surface area contributed by atoms with Gasteiger partial charge in [0, 0.05) is 7.05 Å². The first kappa shape index (κ1) is 9.45. The molecule has 0 aliphatic carbocycles. The molecule has 0 bridgehead atoms. The molecule has 0 fully saturated rings. The van der Waals surface area contributed by atoms with Gasteiger partial charge in [0.15, 0.2) is 0 Å². The minimum absolute atomic E-state index is 0.192. The second-order valence-electron chi connectivity index (χ2n) is 1.69. The predicted molar refractivity (Wildman–Crippen MR) is 39.7 cm³/mol. The quantitative estimate of drug-likeness (QED) is 0.431. The third-order valence-corrected chi connectivity index (χ3v) is 1.02. The average molecular weight is 151 g/mol. The van der Waals surface area contributed by atoms with Crippen molar-refractivity contribution >= 4 is 5.90 Å². The van der Waals surface area contributed by atoms with Crippen LogP contribution in [0, 0.1) is 28.6 Å². The van der Waals surface area contributed by atoms with Crippen molar-refractivity contribution in [2.45, 2.75) is 6.92 Å². The molecular weight excluding hydrogens is 142 g/mol. The van der Waals surface area contributed by atoms with Gasteiger partial charge in [-0.3, -0.25) is 4.99 Å². The summed E-state index contributed by atoms with van der Waals surface area (Å²) in [6.07, 6.45) is 0. The summed E-state index contributed by atoms with van der Waals surface area (Å²) < 4.78 is 4.94. The second kappa shape index (κ2) is 5.25. The van der Waals surface area contributed by atoms with Crippen LogP contribution in [0.15, 0.2) is 4.99 Å². The van der Waals surface area contributed by atoms with E-state index in [0.29, 0.717) is 6.61 Å². The number of rotatable bonds is 2. The molecule has 0 rings (SSSR count). The molecule has 0 saturated carbocycles. The molecule has 0 heterocycles. The lowest BCUT2D eigenvalue weighted by Crippen LogP contribution is -2.14. The van der Waals surface area contributed by atoms with Gasteiger partial charge in [-0.2, -0.15) is 10.5 Å². The van der Waals surface area contributed by atoms with Crippen molar-refractivity contribution in [3.8, 4) is 12.1 Å². The van der Waals surface area contributed by atoms with Crippen molar-refractivity contribution in [3.63, 3.8) is 0 Å². The molecule has 0 spiro atoms. The Bertz CT molecular complexity index is 207. The molecule has 0 amide bonds. The number of hydrogen-bond donors (Lipinski definition) is 0. The molecule has 0 aromatic carbocycles. The summed E-state index contributed by atoms with van der Waals surface area (Å²) in [5.74, 6) is -0.683. The molecule has 0 saturated heterocycles. The van der Waals surface area contributed by atoms with Crippen LogP contribution in [-0.4, -0.2) is 19.6 Å². The average Bonchev–Trinajstić information content (AvgIpc) is 2.05. The van der Waals surface area contributed by atoms with Gasteiger partial charge in [0.2, 0.25) is 11.8 Å². The van der Waals surface area contributed by atoms with E-state index in [4.69, 9.17) is 15.3 Å². The number of ether oxygens (including phenoxy) is 1. The fourth-order valence-corrected chi connectivity index (χ4v) is 0.564. The van der Waals surface area contributed by atoms with E-state index in [0.717, 1.165) is 0 Å². The van der Waals surface area contributed by atoms with Crippen LogP contribution in [0.2, 0.25) is 0 Å². The standard InChI is InChI=1S/C7H9N3O/c1-3-11-7(10-2)6(4-8)5-9/h6H,3H2,1-2H3. The molecule has 0 N–H and O–H groups in total. The molecule has 0 unspecified atom stereocenters. The number of aliphatic imine (C=N–C) groups is 1. The highest BCUT2D eigenvalue weighted by Crippen LogP contribution is 1.97. The molecular formula is C7H9N3O. The zero-order valence-electron chi connectivity index (χ0n) is 6.53. The maximum absolute atomic E-state index is 8.42. The minimum atomic E-state index is -0.875. The Hall–Kier alpha value is -1.55. The molecule has 58 valence electrons. The molecule has 4 nitrogen and oxygen atoms in total. The highest BCUT2D eigenvalue weighted by Gasteiger charge is 2.14. The maximum Gasteiger partial charge on any atom is 0.215 e. The molecule has 0 aliphatic rings. The SMILES string of the molecule is CCOC(=NC)C(C#N)C#N. The normalized spacial score (nSPS) is 10.5. The number of nitriles is 2. The van der Waals surface area contributed by atoms with E-state index < -0.39 is 5.92 Å². The fourth-order valence-electron chi connectivity index (χ4n) is 0.564. The molecule has 0 radical (unpaired) electrons. The first-order valence-corrected chi connectivity index (χ1v) is 3.18. The van der Waals surface area contributed by atoms with Crippen LogP contribution in [0.5, 0.6) is 0 Å². The summed E-state index contributed by atoms with van der Waals surface area (Å²) in [6.45, 7) is 2.20. The minimum Gasteiger partial charge on any atom is -0.480 e.